The van der Waals surface area contributed by atoms with Crippen molar-refractivity contribution in [3.05, 3.63) is 36.5 Å². The molecule has 11 heteroatoms. The van der Waals surface area contributed by atoms with Crippen LogP contribution in [-0.4, -0.2) is 48.3 Å². The number of carbonyl (C=O) groups excluding carboxylic acids is 1. The third-order valence-electron chi connectivity index (χ3n) is 5.27. The maximum Gasteiger partial charge on any atom is 0.258 e. The maximum absolute atomic E-state index is 14.8. The van der Waals surface area contributed by atoms with Gasteiger partial charge in [-0.25, -0.2) is 19.3 Å². The van der Waals surface area contributed by atoms with Gasteiger partial charge >= 0.3 is 0 Å². The molecule has 0 saturated heterocycles. The minimum Gasteiger partial charge on any atom is -0.491 e. The van der Waals surface area contributed by atoms with Gasteiger partial charge in [-0.1, -0.05) is 0 Å². The number of aryl methyl sites for hydroxylation is 1. The number of nitrogens with zero attached hydrogens (tertiary/aromatic N) is 5. The monoisotopic (exact) mass is 437 g/mol. The predicted molar refractivity (Wildman–Crippen MR) is 112 cm³/mol. The van der Waals surface area contributed by atoms with E-state index in [-0.39, 0.29) is 11.5 Å². The third kappa shape index (κ3) is 3.51. The number of H-pyrrole nitrogens is 1. The minimum absolute atomic E-state index is 0.0789. The van der Waals surface area contributed by atoms with Crippen molar-refractivity contribution in [1.29, 1.82) is 0 Å². The molecule has 0 saturated carbocycles. The molecule has 0 aliphatic carbocycles. The first-order valence-corrected chi connectivity index (χ1v) is 10.2. The van der Waals surface area contributed by atoms with E-state index in [1.807, 2.05) is 4.57 Å². The molecule has 10 nitrogen and oxygen atoms in total. The number of benzene rings is 1. The molecule has 0 unspecified atom stereocenters. The summed E-state index contributed by atoms with van der Waals surface area (Å²) in [5, 5.41) is 6.35. The highest BCUT2D eigenvalue weighted by Crippen LogP contribution is 2.37. The minimum atomic E-state index is -0.809. The molecule has 0 fully saturated rings. The van der Waals surface area contributed by atoms with Crippen LogP contribution in [0.3, 0.4) is 0 Å². The smallest absolute Gasteiger partial charge is 0.258 e. The molecule has 1 aliphatic rings. The number of aromatic amines is 1. The first-order chi connectivity index (χ1) is 15.5. The van der Waals surface area contributed by atoms with Crippen LogP contribution < -0.4 is 15.2 Å². The van der Waals surface area contributed by atoms with Crippen molar-refractivity contribution >= 4 is 16.9 Å². The first-order valence-electron chi connectivity index (χ1n) is 10.2. The Labute approximate surface area is 181 Å². The molecule has 1 atom stereocenters. The summed E-state index contributed by atoms with van der Waals surface area (Å²) in [6, 6.07) is 4.82. The molecule has 3 aromatic heterocycles. The third-order valence-corrected chi connectivity index (χ3v) is 5.27. The lowest BCUT2D eigenvalue weighted by atomic mass is 10.2. The van der Waals surface area contributed by atoms with Gasteiger partial charge in [-0.2, -0.15) is 5.10 Å². The summed E-state index contributed by atoms with van der Waals surface area (Å²) in [5.41, 5.74) is 7.29. The molecule has 1 amide bonds. The van der Waals surface area contributed by atoms with Crippen molar-refractivity contribution in [3.63, 3.8) is 0 Å². The summed E-state index contributed by atoms with van der Waals surface area (Å²) in [4.78, 5) is 24.3. The lowest BCUT2D eigenvalue weighted by Crippen LogP contribution is -2.30. The Balaban J connectivity index is 1.63. The molecular weight excluding hydrogens is 417 g/mol. The molecule has 0 spiro atoms. The van der Waals surface area contributed by atoms with Crippen molar-refractivity contribution in [1.82, 2.24) is 29.7 Å². The Kier molecular flexibility index (Phi) is 4.92. The zero-order valence-electron chi connectivity index (χ0n) is 17.2. The fourth-order valence-corrected chi connectivity index (χ4v) is 3.69. The standard InChI is InChI=1S/C21H20FN7O3/c1-11(19(23)30)32-13-7-15-18-16(8-13)31-5-3-2-4-29(18)21(27-15)12-6-14(22)17(24-9-12)20-25-10-26-28-20/h6-11H,2-5H2,1H3,(H2,23,30)(H,25,26,28)/t11-/m0/s1. The van der Waals surface area contributed by atoms with Crippen LogP contribution in [-0.2, 0) is 11.3 Å². The summed E-state index contributed by atoms with van der Waals surface area (Å²) >= 11 is 0. The molecule has 32 heavy (non-hydrogen) atoms. The molecule has 5 rings (SSSR count). The Morgan fingerprint density at radius 1 is 1.31 bits per heavy atom. The number of ether oxygens (including phenoxy) is 2. The number of aromatic nitrogens is 6. The number of pyridine rings is 1. The summed E-state index contributed by atoms with van der Waals surface area (Å²) in [6.07, 6.45) is 3.76. The van der Waals surface area contributed by atoms with Crippen molar-refractivity contribution in [2.24, 2.45) is 5.73 Å². The number of hydrogen-bond donors (Lipinski definition) is 2. The van der Waals surface area contributed by atoms with E-state index in [1.165, 1.54) is 12.4 Å². The number of halogens is 1. The lowest BCUT2D eigenvalue weighted by molar-refractivity contribution is -0.123. The number of nitrogens with one attached hydrogen (secondary N) is 1. The number of carbonyl (C=O) groups is 1. The SMILES string of the molecule is C[C@H](Oc1cc2c3c(c1)nc(-c1cnc(-c4ncn[nH]4)c(F)c1)n3CCCCO2)C(N)=O. The number of primary amides is 1. The van der Waals surface area contributed by atoms with Crippen LogP contribution in [0.2, 0.25) is 0 Å². The fraction of sp³-hybridized carbons (Fsp3) is 0.286. The Morgan fingerprint density at radius 2 is 2.19 bits per heavy atom. The van der Waals surface area contributed by atoms with Gasteiger partial charge in [0.1, 0.15) is 34.9 Å². The number of nitrogens with two attached hydrogens (primary N) is 1. The van der Waals surface area contributed by atoms with E-state index >= 15 is 0 Å². The molecule has 3 N–H and O–H groups in total. The van der Waals surface area contributed by atoms with Crippen LogP contribution in [0.1, 0.15) is 19.8 Å². The average molecular weight is 437 g/mol. The predicted octanol–water partition coefficient (Wildman–Crippen LogP) is 2.45. The summed E-state index contributed by atoms with van der Waals surface area (Å²) in [7, 11) is 0. The topological polar surface area (TPSA) is 134 Å². The van der Waals surface area contributed by atoms with Crippen LogP contribution in [0, 0.1) is 5.82 Å². The molecular formula is C21H20FN7O3. The molecule has 164 valence electrons. The number of rotatable bonds is 5. The van der Waals surface area contributed by atoms with E-state index in [4.69, 9.17) is 20.2 Å². The van der Waals surface area contributed by atoms with Gasteiger partial charge in [-0.15, -0.1) is 0 Å². The molecule has 0 radical (unpaired) electrons. The average Bonchev–Trinajstić information content (AvgIpc) is 3.39. The Bertz CT molecular complexity index is 1300. The second-order valence-electron chi connectivity index (χ2n) is 7.48. The van der Waals surface area contributed by atoms with Crippen molar-refractivity contribution < 1.29 is 18.7 Å². The van der Waals surface area contributed by atoms with E-state index in [1.54, 1.807) is 25.3 Å². The lowest BCUT2D eigenvalue weighted by Gasteiger charge is -2.18. The fourth-order valence-electron chi connectivity index (χ4n) is 3.69. The zero-order chi connectivity index (χ0) is 22.2. The van der Waals surface area contributed by atoms with Gasteiger partial charge in [0.25, 0.3) is 5.91 Å². The first kappa shape index (κ1) is 19.9. The molecule has 4 heterocycles. The highest BCUT2D eigenvalue weighted by Gasteiger charge is 2.22. The van der Waals surface area contributed by atoms with Gasteiger partial charge < -0.3 is 19.8 Å². The van der Waals surface area contributed by atoms with E-state index < -0.39 is 17.8 Å². The highest BCUT2D eigenvalue weighted by atomic mass is 19.1. The molecule has 1 aromatic carbocycles. The van der Waals surface area contributed by atoms with Crippen LogP contribution in [0.15, 0.2) is 30.7 Å². The van der Waals surface area contributed by atoms with Crippen molar-refractivity contribution in [2.75, 3.05) is 6.61 Å². The Morgan fingerprint density at radius 3 is 2.94 bits per heavy atom. The Hall–Kier alpha value is -4.02. The van der Waals surface area contributed by atoms with Gasteiger partial charge in [-0.3, -0.25) is 9.89 Å². The second-order valence-corrected chi connectivity index (χ2v) is 7.48. The van der Waals surface area contributed by atoms with Crippen molar-refractivity contribution in [2.45, 2.75) is 32.4 Å². The summed E-state index contributed by atoms with van der Waals surface area (Å²) < 4.78 is 28.5. The highest BCUT2D eigenvalue weighted by molar-refractivity contribution is 5.88. The number of hydrogen-bond acceptors (Lipinski definition) is 7. The van der Waals surface area contributed by atoms with Crippen molar-refractivity contribution in [3.8, 4) is 34.4 Å². The van der Waals surface area contributed by atoms with Crippen LogP contribution >= 0.6 is 0 Å². The maximum atomic E-state index is 14.8. The zero-order valence-corrected chi connectivity index (χ0v) is 17.2. The summed E-state index contributed by atoms with van der Waals surface area (Å²) in [6.45, 7) is 2.81. The van der Waals surface area contributed by atoms with Crippen LogP contribution in [0.25, 0.3) is 33.9 Å². The molecule has 4 aromatic rings. The van der Waals surface area contributed by atoms with E-state index in [0.29, 0.717) is 41.6 Å². The van der Waals surface area contributed by atoms with E-state index in [0.717, 1.165) is 18.4 Å². The van der Waals surface area contributed by atoms with E-state index in [2.05, 4.69) is 20.2 Å². The van der Waals surface area contributed by atoms with Gasteiger partial charge in [0.15, 0.2) is 17.7 Å². The van der Waals surface area contributed by atoms with E-state index in [9.17, 15) is 9.18 Å². The molecule has 0 bridgehead atoms. The van der Waals surface area contributed by atoms with Crippen LogP contribution in [0.4, 0.5) is 4.39 Å². The van der Waals surface area contributed by atoms with Gasteiger partial charge in [0.05, 0.1) is 12.1 Å². The normalized spacial score (nSPS) is 14.4. The number of amides is 1. The number of imidazole rings is 1. The summed E-state index contributed by atoms with van der Waals surface area (Å²) in [5.74, 6) is 0.689. The van der Waals surface area contributed by atoms with Gasteiger partial charge in [0.2, 0.25) is 0 Å². The van der Waals surface area contributed by atoms with Gasteiger partial charge in [0, 0.05) is 30.4 Å². The van der Waals surface area contributed by atoms with Gasteiger partial charge in [-0.05, 0) is 25.8 Å². The largest absolute Gasteiger partial charge is 0.491 e. The quantitative estimate of drug-likeness (QED) is 0.490. The second kappa shape index (κ2) is 7.91. The van der Waals surface area contributed by atoms with Crippen LogP contribution in [0.5, 0.6) is 11.5 Å². The molecule has 1 aliphatic heterocycles.